The number of aliphatic hydroxyl groups is 1. The van der Waals surface area contributed by atoms with Crippen LogP contribution in [0.25, 0.3) is 0 Å². The molecule has 0 aromatic heterocycles. The average molecular weight is 288 g/mol. The highest BCUT2D eigenvalue weighted by Crippen LogP contribution is 2.08. The first kappa shape index (κ1) is 15.0. The van der Waals surface area contributed by atoms with Crippen LogP contribution in [0.1, 0.15) is 5.56 Å². The smallest absolute Gasteiger partial charge is 0.319 e. The first-order valence-electron chi connectivity index (χ1n) is 6.66. The molecular weight excluding hydrogens is 271 g/mol. The molecule has 0 saturated heterocycles. The van der Waals surface area contributed by atoms with Crippen molar-refractivity contribution in [1.82, 2.24) is 5.32 Å². The second-order valence-corrected chi connectivity index (χ2v) is 4.69. The molecule has 110 valence electrons. The topological polar surface area (TPSA) is 61.4 Å². The molecule has 2 aromatic carbocycles. The second-order valence-electron chi connectivity index (χ2n) is 4.69. The Labute approximate surface area is 122 Å². The summed E-state index contributed by atoms with van der Waals surface area (Å²) in [5.74, 6) is -0.362. The molecule has 3 N–H and O–H groups in total. The molecule has 0 aliphatic rings. The summed E-state index contributed by atoms with van der Waals surface area (Å²) in [6, 6.07) is 14.6. The van der Waals surface area contributed by atoms with E-state index in [4.69, 9.17) is 0 Å². The molecule has 1 atom stereocenters. The number of hydrogen-bond donors (Lipinski definition) is 3. The van der Waals surface area contributed by atoms with Crippen molar-refractivity contribution in [3.8, 4) is 0 Å². The molecule has 2 amide bonds. The highest BCUT2D eigenvalue weighted by atomic mass is 19.1. The van der Waals surface area contributed by atoms with Gasteiger partial charge in [-0.25, -0.2) is 9.18 Å². The summed E-state index contributed by atoms with van der Waals surface area (Å²) in [5, 5.41) is 15.0. The van der Waals surface area contributed by atoms with Crippen LogP contribution in [0.3, 0.4) is 0 Å². The molecule has 2 rings (SSSR count). The largest absolute Gasteiger partial charge is 0.391 e. The summed E-state index contributed by atoms with van der Waals surface area (Å²) in [6.07, 6.45) is -0.191. The van der Waals surface area contributed by atoms with Gasteiger partial charge in [-0.2, -0.15) is 0 Å². The lowest BCUT2D eigenvalue weighted by Gasteiger charge is -2.12. The normalized spacial score (nSPS) is 11.7. The van der Waals surface area contributed by atoms with Crippen LogP contribution in [-0.2, 0) is 6.42 Å². The summed E-state index contributed by atoms with van der Waals surface area (Å²) in [7, 11) is 0. The van der Waals surface area contributed by atoms with E-state index in [0.717, 1.165) is 5.56 Å². The maximum atomic E-state index is 12.7. The monoisotopic (exact) mass is 288 g/mol. The second kappa shape index (κ2) is 7.40. The summed E-state index contributed by atoms with van der Waals surface area (Å²) in [6.45, 7) is 0.141. The highest BCUT2D eigenvalue weighted by molar-refractivity contribution is 5.89. The van der Waals surface area contributed by atoms with Crippen LogP contribution in [0.15, 0.2) is 54.6 Å². The number of hydrogen-bond acceptors (Lipinski definition) is 2. The molecule has 0 saturated carbocycles. The van der Waals surface area contributed by atoms with Crippen molar-refractivity contribution in [3.63, 3.8) is 0 Å². The number of carbonyl (C=O) groups excluding carboxylic acids is 1. The Balaban J connectivity index is 1.74. The third kappa shape index (κ3) is 5.24. The van der Waals surface area contributed by atoms with E-state index in [1.165, 1.54) is 24.3 Å². The lowest BCUT2D eigenvalue weighted by atomic mass is 10.1. The van der Waals surface area contributed by atoms with Gasteiger partial charge in [0.25, 0.3) is 0 Å². The van der Waals surface area contributed by atoms with Gasteiger partial charge in [-0.3, -0.25) is 0 Å². The minimum absolute atomic E-state index is 0.141. The zero-order valence-corrected chi connectivity index (χ0v) is 11.4. The van der Waals surface area contributed by atoms with Gasteiger partial charge in [-0.15, -0.1) is 0 Å². The van der Waals surface area contributed by atoms with Crippen LogP contribution in [0, 0.1) is 5.82 Å². The number of anilines is 1. The first-order chi connectivity index (χ1) is 10.1. The molecule has 0 radical (unpaired) electrons. The molecule has 0 spiro atoms. The van der Waals surface area contributed by atoms with E-state index in [9.17, 15) is 14.3 Å². The van der Waals surface area contributed by atoms with Gasteiger partial charge in [0.1, 0.15) is 5.82 Å². The number of nitrogens with one attached hydrogen (secondary N) is 2. The van der Waals surface area contributed by atoms with Gasteiger partial charge in [0.15, 0.2) is 0 Å². The predicted molar refractivity (Wildman–Crippen MR) is 79.6 cm³/mol. The summed E-state index contributed by atoms with van der Waals surface area (Å²) < 4.78 is 12.7. The Kier molecular flexibility index (Phi) is 5.29. The van der Waals surface area contributed by atoms with E-state index in [-0.39, 0.29) is 12.4 Å². The SMILES string of the molecule is O=C(NC[C@H](O)Cc1ccccc1)Nc1ccc(F)cc1. The Morgan fingerprint density at radius 2 is 1.76 bits per heavy atom. The van der Waals surface area contributed by atoms with Gasteiger partial charge in [0.2, 0.25) is 0 Å². The summed E-state index contributed by atoms with van der Waals surface area (Å²) in [5.41, 5.74) is 1.50. The molecule has 4 nitrogen and oxygen atoms in total. The third-order valence-corrected chi connectivity index (χ3v) is 2.91. The lowest BCUT2D eigenvalue weighted by Crippen LogP contribution is -2.36. The molecule has 0 aliphatic heterocycles. The van der Waals surface area contributed by atoms with Crippen molar-refractivity contribution in [2.75, 3.05) is 11.9 Å². The van der Waals surface area contributed by atoms with Gasteiger partial charge < -0.3 is 15.7 Å². The van der Waals surface area contributed by atoms with Gasteiger partial charge in [0, 0.05) is 18.7 Å². The summed E-state index contributed by atoms with van der Waals surface area (Å²) in [4.78, 5) is 11.6. The van der Waals surface area contributed by atoms with E-state index < -0.39 is 12.1 Å². The fourth-order valence-corrected chi connectivity index (χ4v) is 1.88. The Bertz CT molecular complexity index is 573. The molecule has 21 heavy (non-hydrogen) atoms. The van der Waals surface area contributed by atoms with Crippen molar-refractivity contribution < 1.29 is 14.3 Å². The Hall–Kier alpha value is -2.40. The minimum Gasteiger partial charge on any atom is -0.391 e. The van der Waals surface area contributed by atoms with Crippen LogP contribution in [0.4, 0.5) is 14.9 Å². The van der Waals surface area contributed by atoms with Crippen molar-refractivity contribution in [3.05, 3.63) is 66.0 Å². The number of rotatable bonds is 5. The van der Waals surface area contributed by atoms with E-state index in [1.54, 1.807) is 0 Å². The predicted octanol–water partition coefficient (Wildman–Crippen LogP) is 2.55. The van der Waals surface area contributed by atoms with E-state index in [2.05, 4.69) is 10.6 Å². The number of urea groups is 1. The van der Waals surface area contributed by atoms with Crippen LogP contribution >= 0.6 is 0 Å². The van der Waals surface area contributed by atoms with Crippen LogP contribution in [0.2, 0.25) is 0 Å². The van der Waals surface area contributed by atoms with Crippen LogP contribution < -0.4 is 10.6 Å². The first-order valence-corrected chi connectivity index (χ1v) is 6.66. The number of carbonyl (C=O) groups is 1. The zero-order chi connectivity index (χ0) is 15.1. The van der Waals surface area contributed by atoms with Crippen LogP contribution in [-0.4, -0.2) is 23.8 Å². The van der Waals surface area contributed by atoms with Gasteiger partial charge in [0.05, 0.1) is 6.10 Å². The molecule has 0 unspecified atom stereocenters. The minimum atomic E-state index is -0.661. The molecule has 5 heteroatoms. The highest BCUT2D eigenvalue weighted by Gasteiger charge is 2.08. The average Bonchev–Trinajstić information content (AvgIpc) is 2.49. The number of amides is 2. The molecule has 2 aromatic rings. The molecule has 0 bridgehead atoms. The Morgan fingerprint density at radius 3 is 2.43 bits per heavy atom. The van der Waals surface area contributed by atoms with Gasteiger partial charge in [-0.1, -0.05) is 30.3 Å². The quantitative estimate of drug-likeness (QED) is 0.792. The number of aliphatic hydroxyl groups excluding tert-OH is 1. The van der Waals surface area contributed by atoms with Crippen LogP contribution in [0.5, 0.6) is 0 Å². The van der Waals surface area contributed by atoms with Crippen molar-refractivity contribution in [2.45, 2.75) is 12.5 Å². The van der Waals surface area contributed by atoms with Gasteiger partial charge >= 0.3 is 6.03 Å². The maximum Gasteiger partial charge on any atom is 0.319 e. The zero-order valence-electron chi connectivity index (χ0n) is 11.4. The lowest BCUT2D eigenvalue weighted by molar-refractivity contribution is 0.172. The van der Waals surface area contributed by atoms with Crippen molar-refractivity contribution >= 4 is 11.7 Å². The standard InChI is InChI=1S/C16H17FN2O2/c17-13-6-8-14(9-7-13)19-16(21)18-11-15(20)10-12-4-2-1-3-5-12/h1-9,15,20H,10-11H2,(H2,18,19,21)/t15-/m1/s1. The number of benzene rings is 2. The third-order valence-electron chi connectivity index (χ3n) is 2.91. The molecule has 0 fully saturated rings. The molecular formula is C16H17FN2O2. The van der Waals surface area contributed by atoms with Crippen molar-refractivity contribution in [2.24, 2.45) is 0 Å². The number of halogens is 1. The molecule has 0 aliphatic carbocycles. The van der Waals surface area contributed by atoms with Gasteiger partial charge in [-0.05, 0) is 29.8 Å². The fourth-order valence-electron chi connectivity index (χ4n) is 1.88. The van der Waals surface area contributed by atoms with Crippen molar-refractivity contribution in [1.29, 1.82) is 0 Å². The van der Waals surface area contributed by atoms with E-state index in [1.807, 2.05) is 30.3 Å². The molecule has 0 heterocycles. The Morgan fingerprint density at radius 1 is 1.10 bits per heavy atom. The van der Waals surface area contributed by atoms with E-state index in [0.29, 0.717) is 12.1 Å². The van der Waals surface area contributed by atoms with E-state index >= 15 is 0 Å². The summed E-state index contributed by atoms with van der Waals surface area (Å²) >= 11 is 0. The fraction of sp³-hybridized carbons (Fsp3) is 0.188. The maximum absolute atomic E-state index is 12.7.